The number of aliphatic hydroxyl groups excluding tert-OH is 1. The molecule has 2 heterocycles. The molecule has 1 amide bonds. The Labute approximate surface area is 140 Å². The number of carbonyl (C=O) groups excluding carboxylic acids is 1. The van der Waals surface area contributed by atoms with Gasteiger partial charge in [0.2, 0.25) is 5.91 Å². The van der Waals surface area contributed by atoms with Crippen LogP contribution < -0.4 is 0 Å². The van der Waals surface area contributed by atoms with Gasteiger partial charge in [-0.25, -0.2) is 13.8 Å². The van der Waals surface area contributed by atoms with E-state index in [2.05, 4.69) is 4.98 Å². The van der Waals surface area contributed by atoms with Crippen LogP contribution in [0.1, 0.15) is 50.5 Å². The van der Waals surface area contributed by atoms with E-state index in [1.165, 1.54) is 0 Å². The number of aromatic nitrogens is 2. The smallest absolute Gasteiger partial charge is 0.252 e. The van der Waals surface area contributed by atoms with Crippen molar-refractivity contribution in [1.29, 1.82) is 0 Å². The highest BCUT2D eigenvalue weighted by atomic mass is 19.3. The minimum atomic E-state index is -2.59. The van der Waals surface area contributed by atoms with E-state index in [0.717, 1.165) is 0 Å². The molecule has 0 aromatic carbocycles. The third-order valence-electron chi connectivity index (χ3n) is 5.74. The number of hydrogen-bond donors (Lipinski definition) is 1. The van der Waals surface area contributed by atoms with Gasteiger partial charge in [0.15, 0.2) is 0 Å². The van der Waals surface area contributed by atoms with Gasteiger partial charge in [0.25, 0.3) is 6.43 Å². The predicted molar refractivity (Wildman–Crippen MR) is 84.4 cm³/mol. The highest BCUT2D eigenvalue weighted by Gasteiger charge is 2.51. The minimum Gasteiger partial charge on any atom is -0.385 e. The molecule has 1 unspecified atom stereocenters. The summed E-state index contributed by atoms with van der Waals surface area (Å²) >= 11 is 0. The van der Waals surface area contributed by atoms with Gasteiger partial charge in [-0.2, -0.15) is 0 Å². The van der Waals surface area contributed by atoms with E-state index < -0.39 is 17.9 Å². The Hall–Kier alpha value is -1.50. The van der Waals surface area contributed by atoms with Crippen molar-refractivity contribution in [2.24, 2.45) is 18.4 Å². The van der Waals surface area contributed by atoms with Gasteiger partial charge in [-0.1, -0.05) is 12.8 Å². The maximum atomic E-state index is 13.5. The van der Waals surface area contributed by atoms with Crippen molar-refractivity contribution < 1.29 is 18.7 Å². The van der Waals surface area contributed by atoms with E-state index in [4.69, 9.17) is 0 Å². The average Bonchev–Trinajstić information content (AvgIpc) is 3.23. The second kappa shape index (κ2) is 6.78. The van der Waals surface area contributed by atoms with Gasteiger partial charge in [-0.05, 0) is 31.6 Å². The Morgan fingerprint density at radius 1 is 1.33 bits per heavy atom. The average molecular weight is 341 g/mol. The van der Waals surface area contributed by atoms with Crippen LogP contribution in [0, 0.1) is 11.3 Å². The fourth-order valence-corrected chi connectivity index (χ4v) is 4.14. The molecule has 1 saturated carbocycles. The van der Waals surface area contributed by atoms with Gasteiger partial charge in [-0.15, -0.1) is 0 Å². The highest BCUT2D eigenvalue weighted by molar-refractivity contribution is 5.83. The lowest BCUT2D eigenvalue weighted by Crippen LogP contribution is -2.49. The van der Waals surface area contributed by atoms with Crippen molar-refractivity contribution in [3.63, 3.8) is 0 Å². The van der Waals surface area contributed by atoms with E-state index in [-0.39, 0.29) is 11.8 Å². The molecule has 2 fully saturated rings. The first-order chi connectivity index (χ1) is 11.5. The molecule has 1 aromatic heterocycles. The van der Waals surface area contributed by atoms with Crippen molar-refractivity contribution in [2.75, 3.05) is 13.1 Å². The minimum absolute atomic E-state index is 0.00114. The van der Waals surface area contributed by atoms with Crippen molar-refractivity contribution in [1.82, 2.24) is 14.5 Å². The summed E-state index contributed by atoms with van der Waals surface area (Å²) in [6, 6.07) is 0. The van der Waals surface area contributed by atoms with E-state index >= 15 is 0 Å². The number of piperidine rings is 1. The number of rotatable bonds is 4. The third kappa shape index (κ3) is 2.94. The van der Waals surface area contributed by atoms with E-state index in [9.17, 15) is 18.7 Å². The molecule has 1 aromatic rings. The monoisotopic (exact) mass is 341 g/mol. The summed E-state index contributed by atoms with van der Waals surface area (Å²) in [4.78, 5) is 18.4. The summed E-state index contributed by atoms with van der Waals surface area (Å²) in [5.74, 6) is 0.223. The standard InChI is InChI=1S/C17H25F2N3O2/c1-21-11-8-20-14(21)13(23)12-4-9-22(10-5-12)16(24)17(15(18)19)6-2-3-7-17/h8,11-13,15,23H,2-7,9-10H2,1H3. The molecule has 1 saturated heterocycles. The Bertz CT molecular complexity index is 576. The lowest BCUT2D eigenvalue weighted by Gasteiger charge is -2.39. The molecular weight excluding hydrogens is 316 g/mol. The second-order valence-corrected chi connectivity index (χ2v) is 7.13. The first-order valence-electron chi connectivity index (χ1n) is 8.68. The SMILES string of the molecule is Cn1ccnc1C(O)C1CCN(C(=O)C2(C(F)F)CCCC2)CC1. The van der Waals surface area contributed by atoms with E-state index in [1.807, 2.05) is 7.05 Å². The third-order valence-corrected chi connectivity index (χ3v) is 5.74. The summed E-state index contributed by atoms with van der Waals surface area (Å²) in [5.41, 5.74) is -1.47. The van der Waals surface area contributed by atoms with Crippen molar-refractivity contribution in [3.05, 3.63) is 18.2 Å². The quantitative estimate of drug-likeness (QED) is 0.915. The number of hydrogen-bond acceptors (Lipinski definition) is 3. The Balaban J connectivity index is 1.62. The first kappa shape index (κ1) is 17.3. The molecule has 0 radical (unpaired) electrons. The molecule has 1 N–H and O–H groups in total. The Morgan fingerprint density at radius 2 is 1.96 bits per heavy atom. The predicted octanol–water partition coefficient (Wildman–Crippen LogP) is 2.52. The number of aliphatic hydroxyl groups is 1. The molecular formula is C17H25F2N3O2. The number of likely N-dealkylation sites (tertiary alicyclic amines) is 1. The number of nitrogens with zero attached hydrogens (tertiary/aromatic N) is 3. The second-order valence-electron chi connectivity index (χ2n) is 7.13. The number of halogens is 2. The number of carbonyl (C=O) groups is 1. The van der Waals surface area contributed by atoms with Crippen LogP contribution in [0.3, 0.4) is 0 Å². The molecule has 3 rings (SSSR count). The molecule has 24 heavy (non-hydrogen) atoms. The zero-order chi connectivity index (χ0) is 17.3. The largest absolute Gasteiger partial charge is 0.385 e. The number of imidazole rings is 1. The van der Waals surface area contributed by atoms with Gasteiger partial charge in [0.1, 0.15) is 17.3 Å². The lowest BCUT2D eigenvalue weighted by atomic mass is 9.83. The number of alkyl halides is 2. The number of amides is 1. The topological polar surface area (TPSA) is 58.4 Å². The zero-order valence-corrected chi connectivity index (χ0v) is 14.0. The van der Waals surface area contributed by atoms with E-state index in [1.54, 1.807) is 21.9 Å². The van der Waals surface area contributed by atoms with Crippen LogP contribution in [0.15, 0.2) is 12.4 Å². The van der Waals surface area contributed by atoms with Crippen molar-refractivity contribution in [3.8, 4) is 0 Å². The summed E-state index contributed by atoms with van der Waals surface area (Å²) in [6.07, 6.45) is 3.35. The maximum absolute atomic E-state index is 13.5. The molecule has 7 heteroatoms. The van der Waals surface area contributed by atoms with Crippen LogP contribution in [-0.2, 0) is 11.8 Å². The van der Waals surface area contributed by atoms with Crippen LogP contribution in [0.5, 0.6) is 0 Å². The molecule has 0 spiro atoms. The van der Waals surface area contributed by atoms with Gasteiger partial charge >= 0.3 is 0 Å². The molecule has 1 aliphatic heterocycles. The Kier molecular flexibility index (Phi) is 4.90. The fourth-order valence-electron chi connectivity index (χ4n) is 4.14. The van der Waals surface area contributed by atoms with Crippen LogP contribution >= 0.6 is 0 Å². The van der Waals surface area contributed by atoms with Crippen molar-refractivity contribution >= 4 is 5.91 Å². The molecule has 0 bridgehead atoms. The Morgan fingerprint density at radius 3 is 2.46 bits per heavy atom. The zero-order valence-electron chi connectivity index (χ0n) is 14.0. The molecule has 5 nitrogen and oxygen atoms in total. The van der Waals surface area contributed by atoms with E-state index in [0.29, 0.717) is 57.4 Å². The maximum Gasteiger partial charge on any atom is 0.252 e. The normalized spacial score (nSPS) is 23.0. The van der Waals surface area contributed by atoms with Crippen LogP contribution in [0.2, 0.25) is 0 Å². The van der Waals surface area contributed by atoms with Crippen LogP contribution in [0.25, 0.3) is 0 Å². The van der Waals surface area contributed by atoms with Gasteiger partial charge in [0.05, 0.1) is 0 Å². The lowest BCUT2D eigenvalue weighted by molar-refractivity contribution is -0.154. The summed E-state index contributed by atoms with van der Waals surface area (Å²) in [5, 5.41) is 10.5. The molecule has 1 atom stereocenters. The fraction of sp³-hybridized carbons (Fsp3) is 0.765. The first-order valence-corrected chi connectivity index (χ1v) is 8.68. The summed E-state index contributed by atoms with van der Waals surface area (Å²) < 4.78 is 28.9. The van der Waals surface area contributed by atoms with Crippen molar-refractivity contribution in [2.45, 2.75) is 51.1 Å². The van der Waals surface area contributed by atoms with Gasteiger partial charge in [-0.3, -0.25) is 4.79 Å². The highest BCUT2D eigenvalue weighted by Crippen LogP contribution is 2.45. The summed E-state index contributed by atoms with van der Waals surface area (Å²) in [7, 11) is 1.83. The van der Waals surface area contributed by atoms with Crippen LogP contribution in [0.4, 0.5) is 8.78 Å². The van der Waals surface area contributed by atoms with Gasteiger partial charge in [0, 0.05) is 32.5 Å². The molecule has 2 aliphatic rings. The number of aryl methyl sites for hydroxylation is 1. The van der Waals surface area contributed by atoms with Gasteiger partial charge < -0.3 is 14.6 Å². The van der Waals surface area contributed by atoms with Crippen LogP contribution in [-0.4, -0.2) is 45.0 Å². The molecule has 134 valence electrons. The summed E-state index contributed by atoms with van der Waals surface area (Å²) in [6.45, 7) is 0.860. The molecule has 1 aliphatic carbocycles.